The number of anilines is 1. The molecule has 1 N–H and O–H groups in total. The molecular weight excluding hydrogens is 410 g/mol. The molecule has 1 amide bonds. The standard InChI is InChI=1S/C21H20ClN3O3S/c22-17-8-10-18(11-9-17)24-21(26)16-6-3-13-25(14-16)29(27,28)19-7-1-4-15-5-2-12-23-20(15)19/h1-2,4-5,7-12,16H,3,6,13-14H2,(H,24,26)/t16-/m1/s1. The zero-order valence-electron chi connectivity index (χ0n) is 15.6. The number of carbonyl (C=O) groups is 1. The number of para-hydroxylation sites is 1. The summed E-state index contributed by atoms with van der Waals surface area (Å²) in [6.45, 7) is 0.529. The molecule has 4 rings (SSSR count). The Morgan fingerprint density at radius 3 is 2.66 bits per heavy atom. The van der Waals surface area contributed by atoms with Crippen LogP contribution in [-0.2, 0) is 14.8 Å². The molecule has 29 heavy (non-hydrogen) atoms. The molecule has 8 heteroatoms. The Morgan fingerprint density at radius 2 is 1.86 bits per heavy atom. The van der Waals surface area contributed by atoms with E-state index in [0.29, 0.717) is 35.6 Å². The molecule has 2 aromatic carbocycles. The number of halogens is 1. The Bertz CT molecular complexity index is 1140. The Kier molecular flexibility index (Phi) is 5.54. The number of pyridine rings is 1. The van der Waals surface area contributed by atoms with Gasteiger partial charge in [0.2, 0.25) is 15.9 Å². The van der Waals surface area contributed by atoms with E-state index in [9.17, 15) is 13.2 Å². The SMILES string of the molecule is O=C(Nc1ccc(Cl)cc1)[C@@H]1CCCN(S(=O)(=O)c2cccc3cccnc23)C1. The van der Waals surface area contributed by atoms with Gasteiger partial charge in [0.25, 0.3) is 0 Å². The van der Waals surface area contributed by atoms with Crippen LogP contribution in [0.5, 0.6) is 0 Å². The topological polar surface area (TPSA) is 79.4 Å². The molecule has 0 aliphatic carbocycles. The van der Waals surface area contributed by atoms with Crippen molar-refractivity contribution in [2.24, 2.45) is 5.92 Å². The molecule has 0 spiro atoms. The highest BCUT2D eigenvalue weighted by molar-refractivity contribution is 7.89. The van der Waals surface area contributed by atoms with Crippen LogP contribution in [0.25, 0.3) is 10.9 Å². The van der Waals surface area contributed by atoms with E-state index in [2.05, 4.69) is 10.3 Å². The number of carbonyl (C=O) groups excluding carboxylic acids is 1. The lowest BCUT2D eigenvalue weighted by atomic mass is 9.99. The van der Waals surface area contributed by atoms with Gasteiger partial charge in [-0.2, -0.15) is 4.31 Å². The number of aromatic nitrogens is 1. The van der Waals surface area contributed by atoms with Crippen LogP contribution in [0.3, 0.4) is 0 Å². The summed E-state index contributed by atoms with van der Waals surface area (Å²) in [5.74, 6) is -0.611. The van der Waals surface area contributed by atoms with Crippen molar-refractivity contribution in [1.82, 2.24) is 9.29 Å². The summed E-state index contributed by atoms with van der Waals surface area (Å²) in [7, 11) is -3.76. The minimum Gasteiger partial charge on any atom is -0.326 e. The van der Waals surface area contributed by atoms with E-state index in [0.717, 1.165) is 5.39 Å². The molecule has 1 atom stereocenters. The van der Waals surface area contributed by atoms with Crippen LogP contribution in [-0.4, -0.2) is 36.7 Å². The first-order valence-electron chi connectivity index (χ1n) is 9.35. The fourth-order valence-electron chi connectivity index (χ4n) is 3.58. The average Bonchev–Trinajstić information content (AvgIpc) is 2.75. The first-order valence-corrected chi connectivity index (χ1v) is 11.2. The maximum absolute atomic E-state index is 13.3. The van der Waals surface area contributed by atoms with Gasteiger partial charge in [-0.15, -0.1) is 0 Å². The quantitative estimate of drug-likeness (QED) is 0.681. The summed E-state index contributed by atoms with van der Waals surface area (Å²) >= 11 is 5.87. The number of nitrogens with zero attached hydrogens (tertiary/aromatic N) is 2. The molecule has 0 radical (unpaired) electrons. The van der Waals surface area contributed by atoms with Gasteiger partial charge in [-0.1, -0.05) is 29.8 Å². The number of fused-ring (bicyclic) bond motifs is 1. The van der Waals surface area contributed by atoms with Gasteiger partial charge in [0.05, 0.1) is 11.4 Å². The average molecular weight is 430 g/mol. The van der Waals surface area contributed by atoms with E-state index < -0.39 is 15.9 Å². The Balaban J connectivity index is 1.55. The number of rotatable bonds is 4. The lowest BCUT2D eigenvalue weighted by Crippen LogP contribution is -2.43. The highest BCUT2D eigenvalue weighted by Crippen LogP contribution is 2.28. The highest BCUT2D eigenvalue weighted by Gasteiger charge is 2.34. The fourth-order valence-corrected chi connectivity index (χ4v) is 5.39. The van der Waals surface area contributed by atoms with Gasteiger partial charge >= 0.3 is 0 Å². The number of sulfonamides is 1. The molecule has 1 fully saturated rings. The lowest BCUT2D eigenvalue weighted by molar-refractivity contribution is -0.120. The van der Waals surface area contributed by atoms with Crippen molar-refractivity contribution in [1.29, 1.82) is 0 Å². The number of hydrogen-bond acceptors (Lipinski definition) is 4. The molecule has 1 aliphatic rings. The zero-order valence-corrected chi connectivity index (χ0v) is 17.2. The second-order valence-corrected chi connectivity index (χ2v) is 9.37. The van der Waals surface area contributed by atoms with E-state index in [-0.39, 0.29) is 17.3 Å². The molecule has 0 bridgehead atoms. The van der Waals surface area contributed by atoms with Gasteiger partial charge in [0.1, 0.15) is 4.90 Å². The van der Waals surface area contributed by atoms with Crippen molar-refractivity contribution in [3.63, 3.8) is 0 Å². The Hall–Kier alpha value is -2.48. The lowest BCUT2D eigenvalue weighted by Gasteiger charge is -2.31. The van der Waals surface area contributed by atoms with Gasteiger partial charge in [-0.05, 0) is 49.2 Å². The highest BCUT2D eigenvalue weighted by atomic mass is 35.5. The third kappa shape index (κ3) is 4.12. The van der Waals surface area contributed by atoms with Crippen LogP contribution in [0.15, 0.2) is 65.7 Å². The molecule has 1 aromatic heterocycles. The fraction of sp³-hybridized carbons (Fsp3) is 0.238. The van der Waals surface area contributed by atoms with E-state index >= 15 is 0 Å². The smallest absolute Gasteiger partial charge is 0.245 e. The molecule has 150 valence electrons. The van der Waals surface area contributed by atoms with Crippen molar-refractivity contribution < 1.29 is 13.2 Å². The third-order valence-corrected chi connectivity index (χ3v) is 7.23. The van der Waals surface area contributed by atoms with Crippen LogP contribution >= 0.6 is 11.6 Å². The van der Waals surface area contributed by atoms with Crippen molar-refractivity contribution in [3.8, 4) is 0 Å². The molecule has 1 saturated heterocycles. The first kappa shape index (κ1) is 19.8. The number of piperidine rings is 1. The zero-order chi connectivity index (χ0) is 20.4. The van der Waals surface area contributed by atoms with Crippen molar-refractivity contribution >= 4 is 44.1 Å². The molecule has 2 heterocycles. The second kappa shape index (κ2) is 8.10. The molecule has 1 aliphatic heterocycles. The summed E-state index contributed by atoms with van der Waals surface area (Å²) < 4.78 is 28.0. The Morgan fingerprint density at radius 1 is 1.10 bits per heavy atom. The largest absolute Gasteiger partial charge is 0.326 e. The van der Waals surface area contributed by atoms with Crippen LogP contribution in [0.4, 0.5) is 5.69 Å². The van der Waals surface area contributed by atoms with E-state index in [1.807, 2.05) is 12.1 Å². The minimum atomic E-state index is -3.76. The second-order valence-electron chi connectivity index (χ2n) is 7.03. The minimum absolute atomic E-state index is 0.144. The van der Waals surface area contributed by atoms with E-state index in [1.165, 1.54) is 4.31 Å². The van der Waals surface area contributed by atoms with Gasteiger partial charge in [0, 0.05) is 35.4 Å². The van der Waals surface area contributed by atoms with Crippen LogP contribution < -0.4 is 5.32 Å². The molecular formula is C21H20ClN3O3S. The summed E-state index contributed by atoms with van der Waals surface area (Å²) in [6.07, 6.45) is 2.84. The van der Waals surface area contributed by atoms with Gasteiger partial charge in [-0.3, -0.25) is 9.78 Å². The predicted molar refractivity (Wildman–Crippen MR) is 113 cm³/mol. The van der Waals surface area contributed by atoms with Crippen LogP contribution in [0.2, 0.25) is 5.02 Å². The van der Waals surface area contributed by atoms with Crippen LogP contribution in [0, 0.1) is 5.92 Å². The third-order valence-electron chi connectivity index (χ3n) is 5.08. The molecule has 0 unspecified atom stereocenters. The number of amides is 1. The predicted octanol–water partition coefficient (Wildman–Crippen LogP) is 3.93. The van der Waals surface area contributed by atoms with Gasteiger partial charge in [-0.25, -0.2) is 8.42 Å². The molecule has 6 nitrogen and oxygen atoms in total. The summed E-state index contributed by atoms with van der Waals surface area (Å²) in [5.41, 5.74) is 1.08. The summed E-state index contributed by atoms with van der Waals surface area (Å²) in [6, 6.07) is 15.6. The van der Waals surface area contributed by atoms with E-state index in [1.54, 1.807) is 48.7 Å². The van der Waals surface area contributed by atoms with Crippen molar-refractivity contribution in [2.75, 3.05) is 18.4 Å². The van der Waals surface area contributed by atoms with E-state index in [4.69, 9.17) is 11.6 Å². The Labute approximate surface area is 174 Å². The normalized spacial score (nSPS) is 17.9. The van der Waals surface area contributed by atoms with Crippen molar-refractivity contribution in [2.45, 2.75) is 17.7 Å². The molecule has 0 saturated carbocycles. The number of benzene rings is 2. The number of hydrogen-bond donors (Lipinski definition) is 1. The van der Waals surface area contributed by atoms with Crippen LogP contribution in [0.1, 0.15) is 12.8 Å². The first-order chi connectivity index (χ1) is 13.9. The van der Waals surface area contributed by atoms with Gasteiger partial charge in [0.15, 0.2) is 0 Å². The number of nitrogens with one attached hydrogen (secondary N) is 1. The summed E-state index contributed by atoms with van der Waals surface area (Å²) in [5, 5.41) is 4.20. The maximum atomic E-state index is 13.3. The summed E-state index contributed by atoms with van der Waals surface area (Å²) in [4.78, 5) is 17.1. The van der Waals surface area contributed by atoms with Crippen molar-refractivity contribution in [3.05, 3.63) is 65.8 Å². The van der Waals surface area contributed by atoms with Gasteiger partial charge < -0.3 is 5.32 Å². The molecule has 3 aromatic rings. The maximum Gasteiger partial charge on any atom is 0.245 e. The monoisotopic (exact) mass is 429 g/mol.